The molecule has 4 fully saturated rings. The maximum atomic E-state index is 5.65. The van der Waals surface area contributed by atoms with Gasteiger partial charge in [0, 0.05) is 54.9 Å². The normalized spacial score (nSPS) is 37.1. The van der Waals surface area contributed by atoms with Gasteiger partial charge in [-0.2, -0.15) is 0 Å². The van der Waals surface area contributed by atoms with Gasteiger partial charge in [-0.15, -0.1) is 0 Å². The van der Waals surface area contributed by atoms with Crippen LogP contribution < -0.4 is 9.47 Å². The van der Waals surface area contributed by atoms with E-state index in [0.29, 0.717) is 19.0 Å². The van der Waals surface area contributed by atoms with Gasteiger partial charge < -0.3 is 14.5 Å². The highest BCUT2D eigenvalue weighted by Crippen LogP contribution is 2.56. The number of H-pyrrole nitrogens is 1. The summed E-state index contributed by atoms with van der Waals surface area (Å²) < 4.78 is 11.2. The Bertz CT molecular complexity index is 1210. The van der Waals surface area contributed by atoms with Crippen molar-refractivity contribution in [1.82, 2.24) is 14.8 Å². The van der Waals surface area contributed by atoms with E-state index in [1.807, 2.05) is 6.20 Å². The Hall–Kier alpha value is -2.83. The highest BCUT2D eigenvalue weighted by atomic mass is 16.7. The van der Waals surface area contributed by atoms with Crippen molar-refractivity contribution in [2.45, 2.75) is 26.1 Å². The molecule has 1 N–H and O–H groups in total. The van der Waals surface area contributed by atoms with E-state index >= 15 is 0 Å². The van der Waals surface area contributed by atoms with Gasteiger partial charge in [-0.05, 0) is 40.8 Å². The topological polar surface area (TPSA) is 53.1 Å². The molecule has 0 spiro atoms. The second-order valence-electron chi connectivity index (χ2n) is 10.6. The highest BCUT2D eigenvalue weighted by molar-refractivity contribution is 5.88. The number of benzene rings is 2. The first-order chi connectivity index (χ1) is 15.5. The van der Waals surface area contributed by atoms with E-state index in [2.05, 4.69) is 77.3 Å². The van der Waals surface area contributed by atoms with Crippen LogP contribution in [0.25, 0.3) is 10.9 Å². The van der Waals surface area contributed by atoms with Crippen LogP contribution in [0.3, 0.4) is 0 Å². The monoisotopic (exact) mass is 428 g/mol. The molecule has 5 aliphatic rings. The van der Waals surface area contributed by atoms with E-state index in [1.165, 1.54) is 22.0 Å². The third-order valence-corrected chi connectivity index (χ3v) is 7.92. The second-order valence-corrected chi connectivity index (χ2v) is 10.6. The molecule has 8 rings (SSSR count). The first-order valence-electron chi connectivity index (χ1n) is 11.5. The number of aromatic amines is 1. The SMILES string of the molecule is CC12CN3CC(C)(CN(C1)C3c1ccc3c(c1)OCO3)C2N=Cc1ccc2cc[nH]c2c1. The summed E-state index contributed by atoms with van der Waals surface area (Å²) in [4.78, 5) is 13.9. The summed E-state index contributed by atoms with van der Waals surface area (Å²) in [6.07, 6.45) is 4.40. The van der Waals surface area contributed by atoms with Crippen molar-refractivity contribution in [3.8, 4) is 11.5 Å². The van der Waals surface area contributed by atoms with Crippen molar-refractivity contribution < 1.29 is 9.47 Å². The molecule has 0 unspecified atom stereocenters. The number of aliphatic imine (C=N–C) groups is 1. The Kier molecular flexibility index (Phi) is 3.72. The van der Waals surface area contributed by atoms with E-state index in [0.717, 1.165) is 37.7 Å². The molecule has 4 saturated heterocycles. The lowest BCUT2D eigenvalue weighted by atomic mass is 9.59. The van der Waals surface area contributed by atoms with Crippen LogP contribution in [0.1, 0.15) is 31.1 Å². The average molecular weight is 429 g/mol. The quantitative estimate of drug-likeness (QED) is 0.640. The number of aromatic nitrogens is 1. The molecule has 6 heterocycles. The van der Waals surface area contributed by atoms with E-state index in [-0.39, 0.29) is 10.8 Å². The minimum absolute atomic E-state index is 0.144. The lowest BCUT2D eigenvalue weighted by Crippen LogP contribution is -2.76. The number of hydrogen-bond acceptors (Lipinski definition) is 5. The number of fused-ring (bicyclic) bond motifs is 2. The summed E-state index contributed by atoms with van der Waals surface area (Å²) in [6.45, 7) is 9.44. The fourth-order valence-electron chi connectivity index (χ4n) is 6.99. The molecule has 6 nitrogen and oxygen atoms in total. The lowest BCUT2D eigenvalue weighted by molar-refractivity contribution is -0.205. The zero-order chi connectivity index (χ0) is 21.5. The zero-order valence-electron chi connectivity index (χ0n) is 18.5. The number of ether oxygens (including phenoxy) is 2. The number of nitrogens with zero attached hydrogens (tertiary/aromatic N) is 3. The Morgan fingerprint density at radius 1 is 0.938 bits per heavy atom. The fraction of sp³-hybridized carbons (Fsp3) is 0.423. The molecular formula is C26H28N4O2. The first kappa shape index (κ1) is 18.7. The largest absolute Gasteiger partial charge is 0.454 e. The van der Waals surface area contributed by atoms with Crippen LogP contribution in [0.4, 0.5) is 0 Å². The predicted octanol–water partition coefficient (Wildman–Crippen LogP) is 4.04. The number of piperidine rings is 2. The van der Waals surface area contributed by atoms with Crippen molar-refractivity contribution in [2.24, 2.45) is 15.8 Å². The van der Waals surface area contributed by atoms with Crippen molar-refractivity contribution in [1.29, 1.82) is 0 Å². The van der Waals surface area contributed by atoms with Crippen LogP contribution in [0.15, 0.2) is 53.7 Å². The molecule has 3 aromatic rings. The Morgan fingerprint density at radius 2 is 1.69 bits per heavy atom. The minimum Gasteiger partial charge on any atom is -0.454 e. The van der Waals surface area contributed by atoms with Crippen molar-refractivity contribution >= 4 is 17.1 Å². The van der Waals surface area contributed by atoms with Gasteiger partial charge in [-0.25, -0.2) is 0 Å². The van der Waals surface area contributed by atoms with Crippen LogP contribution in [-0.2, 0) is 0 Å². The molecule has 0 aliphatic carbocycles. The minimum atomic E-state index is 0.144. The molecule has 0 atom stereocenters. The Morgan fingerprint density at radius 3 is 2.47 bits per heavy atom. The van der Waals surface area contributed by atoms with Crippen LogP contribution >= 0.6 is 0 Å². The molecule has 0 amide bonds. The third kappa shape index (κ3) is 2.63. The zero-order valence-corrected chi connectivity index (χ0v) is 18.5. The smallest absolute Gasteiger partial charge is 0.231 e. The lowest BCUT2D eigenvalue weighted by Gasteiger charge is -2.68. The molecule has 164 valence electrons. The molecule has 0 saturated carbocycles. The number of hydrogen-bond donors (Lipinski definition) is 1. The fourth-order valence-corrected chi connectivity index (χ4v) is 6.99. The second kappa shape index (κ2) is 6.36. The highest BCUT2D eigenvalue weighted by Gasteiger charge is 2.62. The molecule has 4 bridgehead atoms. The molecule has 32 heavy (non-hydrogen) atoms. The van der Waals surface area contributed by atoms with Gasteiger partial charge in [0.05, 0.1) is 12.2 Å². The van der Waals surface area contributed by atoms with Gasteiger partial charge in [0.15, 0.2) is 11.5 Å². The first-order valence-corrected chi connectivity index (χ1v) is 11.5. The molecule has 0 radical (unpaired) electrons. The van der Waals surface area contributed by atoms with E-state index < -0.39 is 0 Å². The number of rotatable bonds is 3. The molecule has 6 heteroatoms. The molecule has 1 aromatic heterocycles. The van der Waals surface area contributed by atoms with Gasteiger partial charge in [0.1, 0.15) is 0 Å². The van der Waals surface area contributed by atoms with Gasteiger partial charge in [0.2, 0.25) is 6.79 Å². The summed E-state index contributed by atoms with van der Waals surface area (Å²) >= 11 is 0. The van der Waals surface area contributed by atoms with Gasteiger partial charge in [-0.3, -0.25) is 14.8 Å². The van der Waals surface area contributed by atoms with Gasteiger partial charge in [0.25, 0.3) is 0 Å². The number of nitrogens with one attached hydrogen (secondary N) is 1. The summed E-state index contributed by atoms with van der Waals surface area (Å²) in [7, 11) is 0. The van der Waals surface area contributed by atoms with E-state index in [9.17, 15) is 0 Å². The van der Waals surface area contributed by atoms with E-state index in [4.69, 9.17) is 14.5 Å². The van der Waals surface area contributed by atoms with Gasteiger partial charge >= 0.3 is 0 Å². The predicted molar refractivity (Wildman–Crippen MR) is 124 cm³/mol. The Labute approximate surface area is 187 Å². The maximum Gasteiger partial charge on any atom is 0.231 e. The molecule has 5 aliphatic heterocycles. The summed E-state index contributed by atoms with van der Waals surface area (Å²) in [6, 6.07) is 15.4. The Balaban J connectivity index is 1.18. The van der Waals surface area contributed by atoms with Crippen LogP contribution in [0.5, 0.6) is 11.5 Å². The van der Waals surface area contributed by atoms with Crippen LogP contribution in [-0.4, -0.2) is 60.0 Å². The third-order valence-electron chi connectivity index (χ3n) is 7.92. The van der Waals surface area contributed by atoms with Crippen molar-refractivity contribution in [2.75, 3.05) is 33.0 Å². The molecular weight excluding hydrogens is 400 g/mol. The van der Waals surface area contributed by atoms with Crippen LogP contribution in [0.2, 0.25) is 0 Å². The maximum absolute atomic E-state index is 5.65. The van der Waals surface area contributed by atoms with Crippen molar-refractivity contribution in [3.05, 3.63) is 59.8 Å². The summed E-state index contributed by atoms with van der Waals surface area (Å²) in [5, 5.41) is 1.24. The van der Waals surface area contributed by atoms with Gasteiger partial charge in [-0.1, -0.05) is 32.0 Å². The summed E-state index contributed by atoms with van der Waals surface area (Å²) in [5.41, 5.74) is 3.93. The van der Waals surface area contributed by atoms with E-state index in [1.54, 1.807) is 0 Å². The standard InChI is InChI=1S/C26H28N4O2/c1-25-12-29-14-26(2,24(25)28-11-17-3-4-18-7-8-27-20(18)9-17)15-30(13-25)23(29)19-5-6-21-22(10-19)32-16-31-21/h3-11,23-24,27H,12-16H2,1-2H3. The van der Waals surface area contributed by atoms with Crippen LogP contribution in [0, 0.1) is 10.8 Å². The van der Waals surface area contributed by atoms with Crippen molar-refractivity contribution in [3.63, 3.8) is 0 Å². The summed E-state index contributed by atoms with van der Waals surface area (Å²) in [5.74, 6) is 1.73. The molecule has 2 aromatic carbocycles. The average Bonchev–Trinajstić information content (AvgIpc) is 3.40.